The highest BCUT2D eigenvalue weighted by Crippen LogP contribution is 2.24. The number of nitriles is 1. The molecule has 1 fully saturated rings. The van der Waals surface area contributed by atoms with Crippen molar-refractivity contribution >= 4 is 17.5 Å². The minimum absolute atomic E-state index is 0.381. The first-order valence-electron chi connectivity index (χ1n) is 11.6. The van der Waals surface area contributed by atoms with Crippen LogP contribution in [0.1, 0.15) is 53.7 Å². The molecule has 1 aromatic carbocycles. The fourth-order valence-corrected chi connectivity index (χ4v) is 4.15. The van der Waals surface area contributed by atoms with E-state index in [0.717, 1.165) is 73.2 Å². The predicted octanol–water partition coefficient (Wildman–Crippen LogP) is 4.93. The van der Waals surface area contributed by atoms with Gasteiger partial charge in [-0.25, -0.2) is 4.98 Å². The molecule has 0 amide bonds. The summed E-state index contributed by atoms with van der Waals surface area (Å²) < 4.78 is 5.80. The average molecular weight is 445 g/mol. The van der Waals surface area contributed by atoms with E-state index in [1.165, 1.54) is 5.56 Å². The summed E-state index contributed by atoms with van der Waals surface area (Å²) in [6.07, 6.45) is 2.97. The lowest BCUT2D eigenvalue weighted by Crippen LogP contribution is -2.32. The van der Waals surface area contributed by atoms with Gasteiger partial charge in [0.1, 0.15) is 17.3 Å². The Morgan fingerprint density at radius 3 is 2.73 bits per heavy atom. The quantitative estimate of drug-likeness (QED) is 0.509. The van der Waals surface area contributed by atoms with Gasteiger partial charge in [0.05, 0.1) is 18.2 Å². The Kier molecular flexibility index (Phi) is 6.95. The van der Waals surface area contributed by atoms with Gasteiger partial charge in [-0.2, -0.15) is 10.2 Å². The number of aromatic nitrogens is 2. The van der Waals surface area contributed by atoms with Crippen molar-refractivity contribution in [2.45, 2.75) is 59.5 Å². The first-order chi connectivity index (χ1) is 15.9. The van der Waals surface area contributed by atoms with Crippen LogP contribution in [0.5, 0.6) is 0 Å². The summed E-state index contributed by atoms with van der Waals surface area (Å²) in [5.41, 5.74) is 4.65. The highest BCUT2D eigenvalue weighted by Gasteiger charge is 2.24. The van der Waals surface area contributed by atoms with Gasteiger partial charge in [-0.3, -0.25) is 0 Å². The van der Waals surface area contributed by atoms with Crippen molar-refractivity contribution < 1.29 is 4.42 Å². The second-order valence-electron chi connectivity index (χ2n) is 8.82. The number of hydrogen-bond acceptors (Lipinski definition) is 7. The predicted molar refractivity (Wildman–Crippen MR) is 131 cm³/mol. The number of benzene rings is 1. The highest BCUT2D eigenvalue weighted by molar-refractivity contribution is 5.59. The van der Waals surface area contributed by atoms with Gasteiger partial charge in [-0.1, -0.05) is 19.4 Å². The zero-order valence-electron chi connectivity index (χ0n) is 19.9. The van der Waals surface area contributed by atoms with Crippen LogP contribution < -0.4 is 15.5 Å². The zero-order chi connectivity index (χ0) is 23.4. The van der Waals surface area contributed by atoms with E-state index in [0.29, 0.717) is 17.6 Å². The van der Waals surface area contributed by atoms with Gasteiger partial charge in [0, 0.05) is 36.6 Å². The Bertz CT molecular complexity index is 1140. The van der Waals surface area contributed by atoms with E-state index in [1.54, 1.807) is 0 Å². The van der Waals surface area contributed by atoms with Crippen molar-refractivity contribution in [2.24, 2.45) is 0 Å². The molecule has 0 radical (unpaired) electrons. The van der Waals surface area contributed by atoms with Crippen LogP contribution in [-0.4, -0.2) is 29.1 Å². The monoisotopic (exact) mass is 444 g/mol. The fourth-order valence-electron chi connectivity index (χ4n) is 4.15. The molecule has 3 aromatic rings. The third-order valence-electron chi connectivity index (χ3n) is 6.18. The van der Waals surface area contributed by atoms with Gasteiger partial charge < -0.3 is 20.0 Å². The molecule has 2 N–H and O–H groups in total. The summed E-state index contributed by atoms with van der Waals surface area (Å²) in [4.78, 5) is 11.8. The Hall–Kier alpha value is -3.37. The Morgan fingerprint density at radius 2 is 2.00 bits per heavy atom. The lowest BCUT2D eigenvalue weighted by molar-refractivity contribution is 0.439. The van der Waals surface area contributed by atoms with Gasteiger partial charge in [0.15, 0.2) is 0 Å². The molecule has 0 saturated carbocycles. The molecule has 172 valence electrons. The maximum atomic E-state index is 9.34. The van der Waals surface area contributed by atoms with Gasteiger partial charge in [-0.05, 0) is 62.9 Å². The molecule has 1 aliphatic rings. The Morgan fingerprint density at radius 1 is 1.15 bits per heavy atom. The van der Waals surface area contributed by atoms with Crippen molar-refractivity contribution in [1.82, 2.24) is 15.3 Å². The van der Waals surface area contributed by atoms with Crippen molar-refractivity contribution in [3.8, 4) is 6.07 Å². The fraction of sp³-hybridized carbons (Fsp3) is 0.423. The molecule has 33 heavy (non-hydrogen) atoms. The first-order valence-corrected chi connectivity index (χ1v) is 11.6. The number of furan rings is 1. The van der Waals surface area contributed by atoms with Crippen LogP contribution in [0.3, 0.4) is 0 Å². The van der Waals surface area contributed by atoms with Crippen LogP contribution in [0.4, 0.5) is 17.5 Å². The maximum Gasteiger partial charge on any atom is 0.229 e. The molecule has 7 nitrogen and oxygen atoms in total. The van der Waals surface area contributed by atoms with Crippen molar-refractivity contribution in [1.29, 1.82) is 5.26 Å². The van der Waals surface area contributed by atoms with E-state index < -0.39 is 0 Å². The number of hydrogen-bond donors (Lipinski definition) is 2. The van der Waals surface area contributed by atoms with E-state index in [2.05, 4.69) is 47.6 Å². The van der Waals surface area contributed by atoms with E-state index in [1.807, 2.05) is 32.0 Å². The topological polar surface area (TPSA) is 90.0 Å². The van der Waals surface area contributed by atoms with Crippen LogP contribution in [0.15, 0.2) is 34.7 Å². The second-order valence-corrected chi connectivity index (χ2v) is 8.82. The normalized spacial score (nSPS) is 15.6. The van der Waals surface area contributed by atoms with Crippen LogP contribution >= 0.6 is 0 Å². The van der Waals surface area contributed by atoms with E-state index >= 15 is 0 Å². The van der Waals surface area contributed by atoms with Gasteiger partial charge in [0.25, 0.3) is 0 Å². The molecule has 1 atom stereocenters. The summed E-state index contributed by atoms with van der Waals surface area (Å²) in [6, 6.07) is 12.6. The number of nitrogens with zero attached hydrogens (tertiary/aromatic N) is 4. The van der Waals surface area contributed by atoms with Crippen LogP contribution in [0, 0.1) is 32.1 Å². The summed E-state index contributed by atoms with van der Waals surface area (Å²) in [7, 11) is 0. The standard InChI is InChI=1S/C26H32N6O/c1-5-6-21-13-25(31-26(29-21)30-22-8-7-17(2)20(12-22)14-27)32-10-9-23(16-32)28-15-24-11-18(3)19(4)33-24/h7-8,11-13,23,28H,5-6,9-10,15-16H2,1-4H3,(H,29,30,31). The number of aryl methyl sites for hydroxylation is 4. The molecule has 1 aliphatic heterocycles. The summed E-state index contributed by atoms with van der Waals surface area (Å²) in [6.45, 7) is 10.7. The van der Waals surface area contributed by atoms with Crippen molar-refractivity contribution in [3.05, 3.63) is 64.2 Å². The number of anilines is 3. The summed E-state index contributed by atoms with van der Waals surface area (Å²) in [5, 5.41) is 16.3. The van der Waals surface area contributed by atoms with Crippen molar-refractivity contribution in [3.63, 3.8) is 0 Å². The van der Waals surface area contributed by atoms with E-state index in [4.69, 9.17) is 14.4 Å². The molecule has 0 spiro atoms. The number of nitrogens with one attached hydrogen (secondary N) is 2. The van der Waals surface area contributed by atoms with Crippen LogP contribution in [-0.2, 0) is 13.0 Å². The first kappa shape index (κ1) is 22.8. The van der Waals surface area contributed by atoms with E-state index in [-0.39, 0.29) is 0 Å². The van der Waals surface area contributed by atoms with E-state index in [9.17, 15) is 5.26 Å². The molecule has 2 aromatic heterocycles. The Labute approximate surface area is 195 Å². The lowest BCUT2D eigenvalue weighted by Gasteiger charge is -2.20. The average Bonchev–Trinajstić information content (AvgIpc) is 3.40. The third kappa shape index (κ3) is 5.52. The largest absolute Gasteiger partial charge is 0.465 e. The van der Waals surface area contributed by atoms with Gasteiger partial charge >= 0.3 is 0 Å². The number of rotatable bonds is 8. The van der Waals surface area contributed by atoms with Crippen LogP contribution in [0.2, 0.25) is 0 Å². The molecule has 3 heterocycles. The third-order valence-corrected chi connectivity index (χ3v) is 6.18. The van der Waals surface area contributed by atoms with Gasteiger partial charge in [-0.15, -0.1) is 0 Å². The second kappa shape index (κ2) is 10.1. The molecule has 4 rings (SSSR count). The minimum atomic E-state index is 0.381. The lowest BCUT2D eigenvalue weighted by atomic mass is 10.1. The van der Waals surface area contributed by atoms with Gasteiger partial charge in [0.2, 0.25) is 5.95 Å². The SMILES string of the molecule is CCCc1cc(N2CCC(NCc3cc(C)c(C)o3)C2)nc(Nc2ccc(C)c(C#N)c2)n1. The summed E-state index contributed by atoms with van der Waals surface area (Å²) >= 11 is 0. The highest BCUT2D eigenvalue weighted by atomic mass is 16.3. The molecular weight excluding hydrogens is 412 g/mol. The molecule has 0 bridgehead atoms. The van der Waals surface area contributed by atoms with Crippen molar-refractivity contribution in [2.75, 3.05) is 23.3 Å². The smallest absolute Gasteiger partial charge is 0.229 e. The molecule has 7 heteroatoms. The zero-order valence-corrected chi connectivity index (χ0v) is 19.9. The molecule has 1 unspecified atom stereocenters. The molecular formula is C26H32N6O. The maximum absolute atomic E-state index is 9.34. The minimum Gasteiger partial charge on any atom is -0.465 e. The van der Waals surface area contributed by atoms with Crippen LogP contribution in [0.25, 0.3) is 0 Å². The molecule has 0 aliphatic carbocycles. The molecule has 1 saturated heterocycles. The Balaban J connectivity index is 1.46. The summed E-state index contributed by atoms with van der Waals surface area (Å²) in [5.74, 6) is 3.48.